The number of likely N-dealkylation sites (N-methyl/N-ethyl adjacent to an activating group) is 1. The summed E-state index contributed by atoms with van der Waals surface area (Å²) in [5, 5.41) is 4.49. The Morgan fingerprint density at radius 1 is 1.50 bits per heavy atom. The van der Waals surface area contributed by atoms with Crippen molar-refractivity contribution in [3.05, 3.63) is 21.1 Å². The van der Waals surface area contributed by atoms with Crippen LogP contribution in [0, 0.1) is 5.92 Å². The van der Waals surface area contributed by atoms with Crippen molar-refractivity contribution < 1.29 is 0 Å². The molecule has 2 nitrogen and oxygen atoms in total. The highest BCUT2D eigenvalue weighted by molar-refractivity contribution is 7.16. The second kappa shape index (κ2) is 7.27. The van der Waals surface area contributed by atoms with Gasteiger partial charge in [0.05, 0.1) is 6.20 Å². The van der Waals surface area contributed by atoms with Crippen LogP contribution < -0.4 is 5.32 Å². The Labute approximate surface area is 118 Å². The minimum Gasteiger partial charge on any atom is -0.313 e. The molecule has 2 rings (SSSR count). The SMILES string of the molecule is CCNC/C(=C/c1ncc(Cl)s1)C1CCCCC1. The summed E-state index contributed by atoms with van der Waals surface area (Å²) in [7, 11) is 0. The Hall–Kier alpha value is -0.380. The normalized spacial score (nSPS) is 18.2. The molecule has 0 aromatic carbocycles. The van der Waals surface area contributed by atoms with E-state index in [1.165, 1.54) is 37.7 Å². The number of nitrogens with one attached hydrogen (secondary N) is 1. The van der Waals surface area contributed by atoms with Crippen molar-refractivity contribution in [3.63, 3.8) is 0 Å². The van der Waals surface area contributed by atoms with E-state index in [1.54, 1.807) is 17.5 Å². The zero-order valence-electron chi connectivity index (χ0n) is 10.9. The van der Waals surface area contributed by atoms with E-state index in [1.807, 2.05) is 0 Å². The van der Waals surface area contributed by atoms with Crippen LogP contribution in [0.1, 0.15) is 44.0 Å². The van der Waals surface area contributed by atoms with Crippen LogP contribution in [0.4, 0.5) is 0 Å². The van der Waals surface area contributed by atoms with Gasteiger partial charge in [0.1, 0.15) is 9.34 Å². The first kappa shape index (κ1) is 14.0. The van der Waals surface area contributed by atoms with Crippen LogP contribution >= 0.6 is 22.9 Å². The maximum Gasteiger partial charge on any atom is 0.117 e. The lowest BCUT2D eigenvalue weighted by molar-refractivity contribution is 0.397. The molecule has 100 valence electrons. The van der Waals surface area contributed by atoms with Crippen LogP contribution in [0.15, 0.2) is 11.8 Å². The van der Waals surface area contributed by atoms with Gasteiger partial charge in [-0.2, -0.15) is 0 Å². The Bertz CT molecular complexity index is 394. The molecule has 0 spiro atoms. The molecule has 0 radical (unpaired) electrons. The number of hydrogen-bond acceptors (Lipinski definition) is 3. The first-order valence-corrected chi connectivity index (χ1v) is 8.01. The van der Waals surface area contributed by atoms with Gasteiger partial charge in [-0.1, -0.05) is 43.4 Å². The van der Waals surface area contributed by atoms with Crippen LogP contribution in [0.5, 0.6) is 0 Å². The van der Waals surface area contributed by atoms with E-state index >= 15 is 0 Å². The highest BCUT2D eigenvalue weighted by Gasteiger charge is 2.17. The molecule has 1 aliphatic rings. The summed E-state index contributed by atoms with van der Waals surface area (Å²) in [5.41, 5.74) is 1.50. The highest BCUT2D eigenvalue weighted by atomic mass is 35.5. The fourth-order valence-corrected chi connectivity index (χ4v) is 3.46. The van der Waals surface area contributed by atoms with E-state index in [-0.39, 0.29) is 0 Å². The summed E-state index contributed by atoms with van der Waals surface area (Å²) in [6.45, 7) is 4.15. The van der Waals surface area contributed by atoms with E-state index in [0.29, 0.717) is 0 Å². The lowest BCUT2D eigenvalue weighted by atomic mass is 9.83. The van der Waals surface area contributed by atoms with Crippen molar-refractivity contribution >= 4 is 29.0 Å². The predicted octanol–water partition coefficient (Wildman–Crippen LogP) is 4.37. The Morgan fingerprint density at radius 3 is 2.89 bits per heavy atom. The molecule has 18 heavy (non-hydrogen) atoms. The molecule has 4 heteroatoms. The van der Waals surface area contributed by atoms with E-state index in [4.69, 9.17) is 11.6 Å². The smallest absolute Gasteiger partial charge is 0.117 e. The number of aromatic nitrogens is 1. The topological polar surface area (TPSA) is 24.9 Å². The third-order valence-corrected chi connectivity index (χ3v) is 4.57. The molecule has 1 fully saturated rings. The predicted molar refractivity (Wildman–Crippen MR) is 80.2 cm³/mol. The minimum absolute atomic E-state index is 0.737. The molecule has 0 saturated heterocycles. The fourth-order valence-electron chi connectivity index (χ4n) is 2.55. The Kier molecular flexibility index (Phi) is 5.67. The van der Waals surface area contributed by atoms with Gasteiger partial charge in [0.25, 0.3) is 0 Å². The summed E-state index contributed by atoms with van der Waals surface area (Å²) in [6, 6.07) is 0. The molecule has 0 unspecified atom stereocenters. The molecule has 0 atom stereocenters. The van der Waals surface area contributed by atoms with Crippen molar-refractivity contribution in [1.82, 2.24) is 10.3 Å². The molecule has 0 bridgehead atoms. The standard InChI is InChI=1S/C14H21ClN2S/c1-2-16-9-12(11-6-4-3-5-7-11)8-14-17-10-13(15)18-14/h8,10-11,16H,2-7,9H2,1H3/b12-8-. The van der Waals surface area contributed by atoms with Crippen LogP contribution in [0.2, 0.25) is 4.34 Å². The van der Waals surface area contributed by atoms with Crippen molar-refractivity contribution in [3.8, 4) is 0 Å². The summed E-state index contributed by atoms with van der Waals surface area (Å²) >= 11 is 7.51. The molecule has 1 aromatic rings. The van der Waals surface area contributed by atoms with Gasteiger partial charge in [-0.15, -0.1) is 11.3 Å². The average molecular weight is 285 g/mol. The summed E-state index contributed by atoms with van der Waals surface area (Å²) in [5.74, 6) is 0.737. The molecule has 0 aliphatic heterocycles. The zero-order valence-corrected chi connectivity index (χ0v) is 12.5. The van der Waals surface area contributed by atoms with Crippen LogP contribution in [0.3, 0.4) is 0 Å². The average Bonchev–Trinajstić information content (AvgIpc) is 2.81. The van der Waals surface area contributed by atoms with Crippen molar-refractivity contribution in [2.45, 2.75) is 39.0 Å². The number of thiazole rings is 1. The van der Waals surface area contributed by atoms with Gasteiger partial charge in [-0.05, 0) is 31.4 Å². The number of rotatable bonds is 5. The Balaban J connectivity index is 2.10. The van der Waals surface area contributed by atoms with Crippen molar-refractivity contribution in [2.75, 3.05) is 13.1 Å². The number of hydrogen-bond donors (Lipinski definition) is 1. The molecule has 1 saturated carbocycles. The van der Waals surface area contributed by atoms with E-state index < -0.39 is 0 Å². The Morgan fingerprint density at radius 2 is 2.28 bits per heavy atom. The highest BCUT2D eigenvalue weighted by Crippen LogP contribution is 2.31. The third kappa shape index (κ3) is 4.08. The van der Waals surface area contributed by atoms with Crippen LogP contribution in [-0.2, 0) is 0 Å². The fraction of sp³-hybridized carbons (Fsp3) is 0.643. The molecular formula is C14H21ClN2S. The second-order valence-corrected chi connectivity index (χ2v) is 6.53. The maximum atomic E-state index is 5.95. The molecule has 1 aromatic heterocycles. The minimum atomic E-state index is 0.737. The second-order valence-electron chi connectivity index (χ2n) is 4.84. The quantitative estimate of drug-likeness (QED) is 0.868. The number of nitrogens with zero attached hydrogens (tertiary/aromatic N) is 1. The first-order valence-electron chi connectivity index (χ1n) is 6.82. The van der Waals surface area contributed by atoms with Gasteiger partial charge < -0.3 is 5.32 Å². The van der Waals surface area contributed by atoms with E-state index in [9.17, 15) is 0 Å². The summed E-state index contributed by atoms with van der Waals surface area (Å²) < 4.78 is 0.771. The monoisotopic (exact) mass is 284 g/mol. The van der Waals surface area contributed by atoms with Crippen molar-refractivity contribution in [1.29, 1.82) is 0 Å². The summed E-state index contributed by atoms with van der Waals surface area (Å²) in [6.07, 6.45) is 10.8. The van der Waals surface area contributed by atoms with Crippen LogP contribution in [-0.4, -0.2) is 18.1 Å². The lowest BCUT2D eigenvalue weighted by Crippen LogP contribution is -2.22. The first-order chi connectivity index (χ1) is 8.79. The van der Waals surface area contributed by atoms with E-state index in [2.05, 4.69) is 23.3 Å². The van der Waals surface area contributed by atoms with Crippen LogP contribution in [0.25, 0.3) is 6.08 Å². The third-order valence-electron chi connectivity index (χ3n) is 3.51. The van der Waals surface area contributed by atoms with Gasteiger partial charge in [-0.3, -0.25) is 0 Å². The van der Waals surface area contributed by atoms with Gasteiger partial charge >= 0.3 is 0 Å². The zero-order chi connectivity index (χ0) is 12.8. The van der Waals surface area contributed by atoms with Crippen molar-refractivity contribution in [2.24, 2.45) is 5.92 Å². The van der Waals surface area contributed by atoms with Gasteiger partial charge in [-0.25, -0.2) is 4.98 Å². The van der Waals surface area contributed by atoms with Gasteiger partial charge in [0, 0.05) is 6.54 Å². The lowest BCUT2D eigenvalue weighted by Gasteiger charge is -2.24. The summed E-state index contributed by atoms with van der Waals surface area (Å²) in [4.78, 5) is 4.34. The molecule has 0 amide bonds. The maximum absolute atomic E-state index is 5.95. The molecular weight excluding hydrogens is 264 g/mol. The van der Waals surface area contributed by atoms with Gasteiger partial charge in [0.2, 0.25) is 0 Å². The van der Waals surface area contributed by atoms with E-state index in [0.717, 1.165) is 28.4 Å². The molecule has 1 heterocycles. The van der Waals surface area contributed by atoms with Gasteiger partial charge in [0.15, 0.2) is 0 Å². The molecule has 1 N–H and O–H groups in total. The largest absolute Gasteiger partial charge is 0.313 e. The number of halogens is 1. The molecule has 1 aliphatic carbocycles.